The number of hydrogen-bond donors (Lipinski definition) is 2. The average molecular weight is 630 g/mol. The number of rotatable bonds is 5. The first-order valence-corrected chi connectivity index (χ1v) is 16.9. The van der Waals surface area contributed by atoms with Gasteiger partial charge < -0.3 is 5.11 Å². The van der Waals surface area contributed by atoms with E-state index in [1.54, 1.807) is 17.0 Å². The summed E-state index contributed by atoms with van der Waals surface area (Å²) in [6.07, 6.45) is 7.60. The first-order valence-electron chi connectivity index (χ1n) is 16.9. The number of carbonyl (C=O) groups excluding carboxylic acids is 4. The van der Waals surface area contributed by atoms with Crippen LogP contribution >= 0.6 is 0 Å². The summed E-state index contributed by atoms with van der Waals surface area (Å²) in [4.78, 5) is 59.7. The molecule has 4 amide bonds. The molecule has 240 valence electrons. The van der Waals surface area contributed by atoms with Gasteiger partial charge in [-0.3, -0.25) is 29.5 Å². The normalized spacial score (nSPS) is 30.6. The van der Waals surface area contributed by atoms with Crippen LogP contribution in [0.4, 0.5) is 5.69 Å². The van der Waals surface area contributed by atoms with Crippen LogP contribution in [0.2, 0.25) is 0 Å². The molecular formula is C39H39N3O5. The summed E-state index contributed by atoms with van der Waals surface area (Å²) in [6, 6.07) is 23.8. The number of nitrogens with one attached hydrogen (secondary N) is 1. The molecule has 5 aliphatic rings. The van der Waals surface area contributed by atoms with Crippen molar-refractivity contribution in [3.05, 3.63) is 107 Å². The predicted octanol–water partition coefficient (Wildman–Crippen LogP) is 6.02. The number of fused-ring (bicyclic) bond motifs is 4. The van der Waals surface area contributed by atoms with Gasteiger partial charge in [0.15, 0.2) is 0 Å². The minimum Gasteiger partial charge on any atom is -0.508 e. The molecule has 6 atom stereocenters. The van der Waals surface area contributed by atoms with Crippen LogP contribution in [0, 0.1) is 30.6 Å². The van der Waals surface area contributed by atoms with E-state index in [0.717, 1.165) is 54.4 Å². The largest absolute Gasteiger partial charge is 0.508 e. The predicted molar refractivity (Wildman–Crippen MR) is 176 cm³/mol. The van der Waals surface area contributed by atoms with Crippen LogP contribution in [0.25, 0.3) is 0 Å². The van der Waals surface area contributed by atoms with Crippen LogP contribution < -0.4 is 5.43 Å². The first-order chi connectivity index (χ1) is 22.8. The number of hydrogen-bond acceptors (Lipinski definition) is 6. The molecule has 8 heteroatoms. The Morgan fingerprint density at radius 1 is 0.787 bits per heavy atom. The summed E-state index contributed by atoms with van der Waals surface area (Å²) in [5.74, 6) is -3.59. The van der Waals surface area contributed by atoms with Gasteiger partial charge >= 0.3 is 0 Å². The molecule has 0 spiro atoms. The minimum absolute atomic E-state index is 0.0680. The summed E-state index contributed by atoms with van der Waals surface area (Å²) < 4.78 is 0. The molecule has 2 saturated heterocycles. The minimum atomic E-state index is -1.31. The lowest BCUT2D eigenvalue weighted by molar-refractivity contribution is -0.144. The second-order valence-electron chi connectivity index (χ2n) is 14.0. The molecule has 8 nitrogen and oxygen atoms in total. The van der Waals surface area contributed by atoms with Gasteiger partial charge in [-0.05, 0) is 73.9 Å². The highest BCUT2D eigenvalue weighted by atomic mass is 16.3. The Bertz CT molecular complexity index is 1780. The van der Waals surface area contributed by atoms with Crippen LogP contribution in [-0.4, -0.2) is 44.7 Å². The second-order valence-corrected chi connectivity index (χ2v) is 14.0. The number of carbonyl (C=O) groups is 4. The lowest BCUT2D eigenvalue weighted by atomic mass is 9.49. The fraction of sp³-hybridized carbons (Fsp3) is 0.385. The molecule has 0 bridgehead atoms. The lowest BCUT2D eigenvalue weighted by Gasteiger charge is -2.50. The number of benzene rings is 3. The molecule has 2 saturated carbocycles. The number of likely N-dealkylation sites (tertiary alicyclic amines) is 1. The summed E-state index contributed by atoms with van der Waals surface area (Å²) in [6.45, 7) is 1.98. The molecule has 2 N–H and O–H groups in total. The van der Waals surface area contributed by atoms with Crippen LogP contribution in [0.1, 0.15) is 67.6 Å². The molecule has 47 heavy (non-hydrogen) atoms. The van der Waals surface area contributed by atoms with Gasteiger partial charge in [0.1, 0.15) is 5.75 Å². The van der Waals surface area contributed by atoms with E-state index >= 15 is 4.79 Å². The van der Waals surface area contributed by atoms with E-state index in [4.69, 9.17) is 0 Å². The zero-order valence-electron chi connectivity index (χ0n) is 26.5. The summed E-state index contributed by atoms with van der Waals surface area (Å²) in [5.41, 5.74) is 5.95. The Labute approximate surface area is 274 Å². The number of imide groups is 2. The van der Waals surface area contributed by atoms with Crippen molar-refractivity contribution < 1.29 is 24.3 Å². The SMILES string of the molecule is Cc1ccc(NN2C(=O)C3CC4C(=CCC5C(=O)N(C6CCCCC6)C(=O)C54)C(c4ccc(O)cc4)C3(c3ccccc3)C2=O)cc1. The number of phenols is 1. The van der Waals surface area contributed by atoms with Gasteiger partial charge in [-0.25, -0.2) is 0 Å². The van der Waals surface area contributed by atoms with Crippen molar-refractivity contribution in [2.45, 2.75) is 69.2 Å². The number of hydrazine groups is 1. The van der Waals surface area contributed by atoms with E-state index in [-0.39, 0.29) is 47.8 Å². The van der Waals surface area contributed by atoms with Crippen molar-refractivity contribution >= 4 is 29.3 Å². The lowest BCUT2D eigenvalue weighted by Crippen LogP contribution is -2.53. The van der Waals surface area contributed by atoms with Crippen LogP contribution in [-0.2, 0) is 24.6 Å². The van der Waals surface area contributed by atoms with Gasteiger partial charge in [0, 0.05) is 12.0 Å². The van der Waals surface area contributed by atoms with E-state index < -0.39 is 29.1 Å². The van der Waals surface area contributed by atoms with Crippen LogP contribution in [0.3, 0.4) is 0 Å². The third kappa shape index (κ3) is 4.40. The van der Waals surface area contributed by atoms with E-state index in [1.165, 1.54) is 5.01 Å². The fourth-order valence-electron chi connectivity index (χ4n) is 9.51. The van der Waals surface area contributed by atoms with Gasteiger partial charge in [0.05, 0.1) is 28.9 Å². The Kier molecular flexibility index (Phi) is 7.08. The van der Waals surface area contributed by atoms with E-state index in [0.29, 0.717) is 12.1 Å². The molecule has 6 unspecified atom stereocenters. The third-order valence-corrected chi connectivity index (χ3v) is 11.6. The Hall–Kier alpha value is -4.72. The number of anilines is 1. The zero-order chi connectivity index (χ0) is 32.4. The summed E-state index contributed by atoms with van der Waals surface area (Å²) in [5, 5.41) is 11.5. The van der Waals surface area contributed by atoms with Gasteiger partial charge in [0.25, 0.3) is 11.8 Å². The summed E-state index contributed by atoms with van der Waals surface area (Å²) in [7, 11) is 0. The Balaban J connectivity index is 1.29. The average Bonchev–Trinajstić information content (AvgIpc) is 3.48. The molecule has 4 fully saturated rings. The Morgan fingerprint density at radius 3 is 2.19 bits per heavy atom. The van der Waals surface area contributed by atoms with E-state index in [9.17, 15) is 19.5 Å². The standard InChI is InChI=1S/C39H39N3O5/c1-23-12-16-26(17-13-23)40-42-36(45)32-22-31-29(20-21-30-33(31)37(46)41(35(30)44)27-10-6-3-7-11-27)34(24-14-18-28(43)19-15-24)39(32,38(42)47)25-8-4-2-5-9-25/h2,4-5,8-9,12-20,27,30-34,40,43H,3,6-7,10-11,21-22H2,1H3. The van der Waals surface area contributed by atoms with Crippen molar-refractivity contribution in [2.24, 2.45) is 23.7 Å². The van der Waals surface area contributed by atoms with Crippen molar-refractivity contribution in [1.29, 1.82) is 0 Å². The second kappa shape index (κ2) is 11.2. The topological polar surface area (TPSA) is 107 Å². The number of aryl methyl sites for hydroxylation is 1. The van der Waals surface area contributed by atoms with Crippen molar-refractivity contribution in [2.75, 3.05) is 5.43 Å². The van der Waals surface area contributed by atoms with Gasteiger partial charge in [-0.1, -0.05) is 91.1 Å². The highest BCUT2D eigenvalue weighted by Crippen LogP contribution is 2.64. The van der Waals surface area contributed by atoms with Gasteiger partial charge in [-0.15, -0.1) is 0 Å². The number of phenolic OH excluding ortho intramolecular Hbond substituents is 1. The van der Waals surface area contributed by atoms with Crippen molar-refractivity contribution in [3.8, 4) is 5.75 Å². The maximum Gasteiger partial charge on any atom is 0.260 e. The van der Waals surface area contributed by atoms with Gasteiger partial charge in [-0.2, -0.15) is 5.01 Å². The fourth-order valence-corrected chi connectivity index (χ4v) is 9.51. The molecule has 0 radical (unpaired) electrons. The monoisotopic (exact) mass is 629 g/mol. The number of nitrogens with zero attached hydrogens (tertiary/aromatic N) is 2. The number of amides is 4. The van der Waals surface area contributed by atoms with Crippen LogP contribution in [0.5, 0.6) is 5.75 Å². The van der Waals surface area contributed by atoms with Crippen molar-refractivity contribution in [3.63, 3.8) is 0 Å². The maximum absolute atomic E-state index is 15.1. The Morgan fingerprint density at radius 2 is 1.49 bits per heavy atom. The number of allylic oxidation sites excluding steroid dienone is 2. The number of aromatic hydroxyl groups is 1. The summed E-state index contributed by atoms with van der Waals surface area (Å²) >= 11 is 0. The molecule has 2 heterocycles. The molecule has 3 aromatic rings. The first kappa shape index (κ1) is 29.7. The molecule has 2 aliphatic heterocycles. The molecule has 3 aromatic carbocycles. The highest BCUT2D eigenvalue weighted by Gasteiger charge is 2.70. The molecule has 3 aliphatic carbocycles. The quantitative estimate of drug-likeness (QED) is 0.264. The zero-order valence-corrected chi connectivity index (χ0v) is 26.5. The maximum atomic E-state index is 15.1. The van der Waals surface area contributed by atoms with Gasteiger partial charge in [0.2, 0.25) is 11.8 Å². The smallest absolute Gasteiger partial charge is 0.260 e. The molecule has 0 aromatic heterocycles. The molecule has 8 rings (SSSR count). The third-order valence-electron chi connectivity index (χ3n) is 11.6. The van der Waals surface area contributed by atoms with E-state index in [1.807, 2.05) is 73.7 Å². The highest BCUT2D eigenvalue weighted by molar-refractivity contribution is 6.13. The van der Waals surface area contributed by atoms with E-state index in [2.05, 4.69) is 11.5 Å². The molecular weight excluding hydrogens is 590 g/mol. The van der Waals surface area contributed by atoms with Crippen LogP contribution in [0.15, 0.2) is 90.5 Å². The van der Waals surface area contributed by atoms with Crippen molar-refractivity contribution in [1.82, 2.24) is 9.91 Å².